The third-order valence-corrected chi connectivity index (χ3v) is 3.92. The van der Waals surface area contributed by atoms with E-state index >= 15 is 0 Å². The molecule has 8 nitrogen and oxygen atoms in total. The normalized spacial score (nSPS) is 10.6. The Hall–Kier alpha value is -3.07. The van der Waals surface area contributed by atoms with Gasteiger partial charge in [-0.25, -0.2) is 9.78 Å². The molecule has 1 N–H and O–H groups in total. The summed E-state index contributed by atoms with van der Waals surface area (Å²) in [6.07, 6.45) is 2.70. The molecular formula is C14H10N4O4S. The Labute approximate surface area is 133 Å². The quantitative estimate of drug-likeness (QED) is 0.568. The van der Waals surface area contributed by atoms with Crippen molar-refractivity contribution in [2.24, 2.45) is 0 Å². The molecule has 0 spiro atoms. The Morgan fingerprint density at radius 1 is 1.43 bits per heavy atom. The van der Waals surface area contributed by atoms with Gasteiger partial charge in [-0.15, -0.1) is 11.3 Å². The molecule has 116 valence electrons. The number of rotatable bonds is 5. The van der Waals surface area contributed by atoms with E-state index in [1.165, 1.54) is 40.5 Å². The van der Waals surface area contributed by atoms with Crippen LogP contribution in [0.3, 0.4) is 0 Å². The van der Waals surface area contributed by atoms with Crippen LogP contribution in [0.1, 0.15) is 15.4 Å². The fraction of sp³-hybridized carbons (Fsp3) is 0.0714. The van der Waals surface area contributed by atoms with Crippen LogP contribution >= 0.6 is 11.3 Å². The predicted molar refractivity (Wildman–Crippen MR) is 82.5 cm³/mol. The highest BCUT2D eigenvalue weighted by Gasteiger charge is 2.11. The molecule has 1 aromatic carbocycles. The highest BCUT2D eigenvalue weighted by molar-refractivity contribution is 7.09. The summed E-state index contributed by atoms with van der Waals surface area (Å²) >= 11 is 1.38. The van der Waals surface area contributed by atoms with E-state index in [0.717, 1.165) is 5.01 Å². The van der Waals surface area contributed by atoms with Crippen molar-refractivity contribution in [1.29, 1.82) is 0 Å². The number of carbonyl (C=O) groups is 1. The molecular weight excluding hydrogens is 320 g/mol. The van der Waals surface area contributed by atoms with E-state index in [9.17, 15) is 14.9 Å². The molecule has 3 rings (SSSR count). The van der Waals surface area contributed by atoms with Crippen molar-refractivity contribution >= 4 is 23.0 Å². The molecule has 9 heteroatoms. The summed E-state index contributed by atoms with van der Waals surface area (Å²) in [5.74, 6) is -1.03. The maximum absolute atomic E-state index is 10.8. The lowest BCUT2D eigenvalue weighted by molar-refractivity contribution is -0.384. The minimum absolute atomic E-state index is 0.00947. The van der Waals surface area contributed by atoms with E-state index in [1.54, 1.807) is 17.5 Å². The molecule has 0 aliphatic rings. The van der Waals surface area contributed by atoms with Gasteiger partial charge in [-0.1, -0.05) is 12.1 Å². The van der Waals surface area contributed by atoms with Crippen molar-refractivity contribution in [1.82, 2.24) is 14.8 Å². The Morgan fingerprint density at radius 2 is 2.26 bits per heavy atom. The second-order valence-electron chi connectivity index (χ2n) is 4.67. The molecule has 0 saturated carbocycles. The molecule has 0 unspecified atom stereocenters. The zero-order valence-electron chi connectivity index (χ0n) is 11.6. The number of carboxylic acid groups (broad SMARTS) is 1. The van der Waals surface area contributed by atoms with Gasteiger partial charge in [-0.05, 0) is 0 Å². The van der Waals surface area contributed by atoms with Gasteiger partial charge in [0.15, 0.2) is 0 Å². The van der Waals surface area contributed by atoms with E-state index in [2.05, 4.69) is 10.1 Å². The van der Waals surface area contributed by atoms with Gasteiger partial charge in [0.2, 0.25) is 0 Å². The number of thiazole rings is 1. The first kappa shape index (κ1) is 14.9. The largest absolute Gasteiger partial charge is 0.478 e. The van der Waals surface area contributed by atoms with Crippen LogP contribution in [-0.2, 0) is 6.54 Å². The van der Waals surface area contributed by atoms with Crippen LogP contribution in [0.5, 0.6) is 0 Å². The Balaban J connectivity index is 1.81. The van der Waals surface area contributed by atoms with Crippen LogP contribution in [-0.4, -0.2) is 30.8 Å². The van der Waals surface area contributed by atoms with Crippen molar-refractivity contribution in [3.63, 3.8) is 0 Å². The summed E-state index contributed by atoms with van der Waals surface area (Å²) in [6, 6.07) is 6.25. The fourth-order valence-electron chi connectivity index (χ4n) is 1.99. The van der Waals surface area contributed by atoms with Crippen molar-refractivity contribution in [2.75, 3.05) is 0 Å². The monoisotopic (exact) mass is 330 g/mol. The lowest BCUT2D eigenvalue weighted by Gasteiger charge is -1.98. The lowest BCUT2D eigenvalue weighted by Crippen LogP contribution is -2.00. The fourth-order valence-corrected chi connectivity index (χ4v) is 2.79. The van der Waals surface area contributed by atoms with E-state index in [-0.39, 0.29) is 11.3 Å². The smallest absolute Gasteiger partial charge is 0.338 e. The molecule has 0 fully saturated rings. The van der Waals surface area contributed by atoms with Crippen molar-refractivity contribution in [3.8, 4) is 11.3 Å². The molecule has 0 amide bonds. The highest BCUT2D eigenvalue weighted by Crippen LogP contribution is 2.25. The Morgan fingerprint density at radius 3 is 2.96 bits per heavy atom. The number of aromatic carboxylic acids is 1. The summed E-state index contributed by atoms with van der Waals surface area (Å²) in [6.45, 7) is 0.340. The first-order valence-electron chi connectivity index (χ1n) is 6.48. The van der Waals surface area contributed by atoms with Crippen molar-refractivity contribution in [3.05, 3.63) is 62.7 Å². The van der Waals surface area contributed by atoms with Gasteiger partial charge in [0.1, 0.15) is 5.01 Å². The first-order valence-corrected chi connectivity index (χ1v) is 7.36. The minimum atomic E-state index is -1.03. The molecule has 0 radical (unpaired) electrons. The summed E-state index contributed by atoms with van der Waals surface area (Å²) in [4.78, 5) is 25.6. The topological polar surface area (TPSA) is 111 Å². The van der Waals surface area contributed by atoms with E-state index in [4.69, 9.17) is 5.11 Å². The van der Waals surface area contributed by atoms with Crippen LogP contribution in [0, 0.1) is 10.1 Å². The van der Waals surface area contributed by atoms with Gasteiger partial charge in [0.05, 0.1) is 28.9 Å². The molecule has 0 saturated heterocycles. The van der Waals surface area contributed by atoms with E-state index in [0.29, 0.717) is 17.8 Å². The molecule has 0 aliphatic carbocycles. The Kier molecular flexibility index (Phi) is 3.85. The minimum Gasteiger partial charge on any atom is -0.478 e. The first-order chi connectivity index (χ1) is 11.0. The SMILES string of the molecule is O=C(O)c1cnn(Cc2nc(-c3cccc([N+](=O)[O-])c3)cs2)c1. The van der Waals surface area contributed by atoms with Gasteiger partial charge in [0.25, 0.3) is 5.69 Å². The van der Waals surface area contributed by atoms with E-state index < -0.39 is 10.9 Å². The number of nitrogens with zero attached hydrogens (tertiary/aromatic N) is 4. The summed E-state index contributed by atoms with van der Waals surface area (Å²) in [7, 11) is 0. The second-order valence-corrected chi connectivity index (χ2v) is 5.61. The van der Waals surface area contributed by atoms with Gasteiger partial charge in [-0.2, -0.15) is 5.10 Å². The average Bonchev–Trinajstić information content (AvgIpc) is 3.17. The third kappa shape index (κ3) is 3.24. The number of nitro benzene ring substituents is 1. The third-order valence-electron chi connectivity index (χ3n) is 3.08. The highest BCUT2D eigenvalue weighted by atomic mass is 32.1. The Bertz CT molecular complexity index is 886. The number of non-ortho nitro benzene ring substituents is 1. The molecule has 3 aromatic rings. The predicted octanol–water partition coefficient (Wildman–Crippen LogP) is 2.66. The number of hydrogen-bond donors (Lipinski definition) is 1. The maximum atomic E-state index is 10.8. The number of hydrogen-bond acceptors (Lipinski definition) is 6. The van der Waals surface area contributed by atoms with Gasteiger partial charge in [0, 0.05) is 29.3 Å². The van der Waals surface area contributed by atoms with Crippen LogP contribution in [0.2, 0.25) is 0 Å². The number of benzene rings is 1. The average molecular weight is 330 g/mol. The van der Waals surface area contributed by atoms with E-state index in [1.807, 2.05) is 0 Å². The van der Waals surface area contributed by atoms with Gasteiger partial charge < -0.3 is 5.11 Å². The van der Waals surface area contributed by atoms with Crippen molar-refractivity contribution < 1.29 is 14.8 Å². The standard InChI is InChI=1S/C14H10N4O4S/c19-14(20)10-5-15-17(6-10)7-13-16-12(8-23-13)9-2-1-3-11(4-9)18(21)22/h1-6,8H,7H2,(H,19,20). The van der Waals surface area contributed by atoms with Gasteiger partial charge >= 0.3 is 5.97 Å². The number of nitro groups is 1. The summed E-state index contributed by atoms with van der Waals surface area (Å²) < 4.78 is 1.49. The number of carboxylic acids is 1. The molecule has 2 heterocycles. The molecule has 0 atom stereocenters. The lowest BCUT2D eigenvalue weighted by atomic mass is 10.1. The maximum Gasteiger partial charge on any atom is 0.338 e. The van der Waals surface area contributed by atoms with Crippen molar-refractivity contribution in [2.45, 2.75) is 6.54 Å². The molecule has 2 aromatic heterocycles. The van der Waals surface area contributed by atoms with Crippen LogP contribution in [0.15, 0.2) is 42.0 Å². The zero-order valence-corrected chi connectivity index (χ0v) is 12.4. The second kappa shape index (κ2) is 5.97. The zero-order chi connectivity index (χ0) is 16.4. The van der Waals surface area contributed by atoms with Crippen LogP contribution in [0.4, 0.5) is 5.69 Å². The van der Waals surface area contributed by atoms with Gasteiger partial charge in [-0.3, -0.25) is 14.8 Å². The van der Waals surface area contributed by atoms with Crippen LogP contribution < -0.4 is 0 Å². The molecule has 0 aliphatic heterocycles. The molecule has 23 heavy (non-hydrogen) atoms. The summed E-state index contributed by atoms with van der Waals surface area (Å²) in [5, 5.41) is 26.2. The summed E-state index contributed by atoms with van der Waals surface area (Å²) in [5.41, 5.74) is 1.42. The molecule has 0 bridgehead atoms. The van der Waals surface area contributed by atoms with Crippen LogP contribution in [0.25, 0.3) is 11.3 Å². The number of aromatic nitrogens is 3.